The number of hydrazine groups is 1. The average molecular weight is 196 g/mol. The molecule has 2 rings (SSSR count). The molecule has 1 saturated heterocycles. The van der Waals surface area contributed by atoms with Crippen LogP contribution in [0.25, 0.3) is 0 Å². The second kappa shape index (κ2) is 2.99. The Morgan fingerprint density at radius 1 is 1.21 bits per heavy atom. The van der Waals surface area contributed by atoms with Crippen LogP contribution in [0.2, 0.25) is 0 Å². The summed E-state index contributed by atoms with van der Waals surface area (Å²) in [7, 11) is -0.220. The van der Waals surface area contributed by atoms with E-state index in [4.69, 9.17) is 9.31 Å². The maximum atomic E-state index is 5.88. The van der Waals surface area contributed by atoms with Crippen molar-refractivity contribution in [3.63, 3.8) is 0 Å². The van der Waals surface area contributed by atoms with Crippen LogP contribution >= 0.6 is 0 Å². The van der Waals surface area contributed by atoms with Crippen LogP contribution in [-0.2, 0) is 9.31 Å². The van der Waals surface area contributed by atoms with Crippen molar-refractivity contribution in [2.24, 2.45) is 0 Å². The maximum Gasteiger partial charge on any atom is 0.493 e. The quantitative estimate of drug-likeness (QED) is 0.603. The fourth-order valence-electron chi connectivity index (χ4n) is 1.49. The maximum absolute atomic E-state index is 5.88. The molecule has 78 valence electrons. The minimum Gasteiger partial charge on any atom is -0.399 e. The fourth-order valence-corrected chi connectivity index (χ4v) is 1.49. The Bertz CT molecular complexity index is 260. The molecule has 0 aromatic rings. The van der Waals surface area contributed by atoms with Crippen LogP contribution in [0.4, 0.5) is 0 Å². The van der Waals surface area contributed by atoms with Crippen molar-refractivity contribution in [3.05, 3.63) is 11.7 Å². The summed E-state index contributed by atoms with van der Waals surface area (Å²) in [4.78, 5) is 0. The first-order valence-corrected chi connectivity index (χ1v) is 4.95. The predicted molar refractivity (Wildman–Crippen MR) is 55.3 cm³/mol. The predicted octanol–water partition coefficient (Wildman–Crippen LogP) is 0.609. The van der Waals surface area contributed by atoms with Gasteiger partial charge in [-0.2, -0.15) is 0 Å². The molecule has 0 aliphatic carbocycles. The summed E-state index contributed by atoms with van der Waals surface area (Å²) in [6, 6.07) is 0. The van der Waals surface area contributed by atoms with Gasteiger partial charge in [-0.15, -0.1) is 0 Å². The van der Waals surface area contributed by atoms with Crippen LogP contribution in [0.15, 0.2) is 11.7 Å². The van der Waals surface area contributed by atoms with Crippen LogP contribution in [0, 0.1) is 0 Å². The zero-order chi connectivity index (χ0) is 10.4. The Kier molecular flexibility index (Phi) is 2.14. The zero-order valence-electron chi connectivity index (χ0n) is 9.18. The molecule has 0 atom stereocenters. The highest BCUT2D eigenvalue weighted by atomic mass is 16.7. The van der Waals surface area contributed by atoms with Gasteiger partial charge in [0.2, 0.25) is 0 Å². The first-order valence-electron chi connectivity index (χ1n) is 4.95. The van der Waals surface area contributed by atoms with Crippen LogP contribution in [0.1, 0.15) is 27.7 Å². The minimum absolute atomic E-state index is 0.220. The molecule has 2 aliphatic heterocycles. The molecule has 0 radical (unpaired) electrons. The lowest BCUT2D eigenvalue weighted by Crippen LogP contribution is -2.41. The van der Waals surface area contributed by atoms with Gasteiger partial charge in [0.25, 0.3) is 0 Å². The molecule has 14 heavy (non-hydrogen) atoms. The van der Waals surface area contributed by atoms with E-state index in [0.29, 0.717) is 0 Å². The van der Waals surface area contributed by atoms with E-state index in [-0.39, 0.29) is 18.3 Å². The fraction of sp³-hybridized carbons (Fsp3) is 0.778. The molecule has 0 spiro atoms. The molecule has 0 bridgehead atoms. The van der Waals surface area contributed by atoms with E-state index in [1.807, 2.05) is 6.20 Å². The molecule has 2 heterocycles. The largest absolute Gasteiger partial charge is 0.493 e. The molecule has 2 aliphatic rings. The summed E-state index contributed by atoms with van der Waals surface area (Å²) >= 11 is 0. The van der Waals surface area contributed by atoms with E-state index in [0.717, 1.165) is 12.0 Å². The highest BCUT2D eigenvalue weighted by Gasteiger charge is 2.52. The van der Waals surface area contributed by atoms with Gasteiger partial charge in [-0.1, -0.05) is 0 Å². The van der Waals surface area contributed by atoms with Crippen LogP contribution in [0.5, 0.6) is 0 Å². The lowest BCUT2D eigenvalue weighted by molar-refractivity contribution is 0.00578. The number of hydrogen-bond donors (Lipinski definition) is 2. The lowest BCUT2D eigenvalue weighted by atomic mass is 9.79. The van der Waals surface area contributed by atoms with Crippen LogP contribution < -0.4 is 10.9 Å². The molecule has 0 aromatic carbocycles. The Hall–Kier alpha value is -0.515. The molecule has 0 amide bonds. The van der Waals surface area contributed by atoms with Crippen molar-refractivity contribution in [3.8, 4) is 0 Å². The SMILES string of the molecule is CC1(C)OB(C2=CNNC2)OC1(C)C. The van der Waals surface area contributed by atoms with Crippen molar-refractivity contribution in [2.45, 2.75) is 38.9 Å². The monoisotopic (exact) mass is 196 g/mol. The van der Waals surface area contributed by atoms with E-state index < -0.39 is 0 Å². The van der Waals surface area contributed by atoms with Gasteiger partial charge in [-0.25, -0.2) is 5.43 Å². The van der Waals surface area contributed by atoms with Crippen molar-refractivity contribution in [1.82, 2.24) is 10.9 Å². The van der Waals surface area contributed by atoms with Gasteiger partial charge in [0.1, 0.15) is 0 Å². The third-order valence-corrected chi connectivity index (χ3v) is 3.21. The van der Waals surface area contributed by atoms with Gasteiger partial charge in [-0.05, 0) is 33.2 Å². The van der Waals surface area contributed by atoms with Crippen molar-refractivity contribution < 1.29 is 9.31 Å². The molecule has 0 aromatic heterocycles. The average Bonchev–Trinajstić information content (AvgIpc) is 2.58. The molecule has 4 nitrogen and oxygen atoms in total. The molecule has 2 N–H and O–H groups in total. The molecule has 0 unspecified atom stereocenters. The Morgan fingerprint density at radius 3 is 2.21 bits per heavy atom. The Labute approximate surface area is 85.1 Å². The van der Waals surface area contributed by atoms with E-state index in [2.05, 4.69) is 38.5 Å². The van der Waals surface area contributed by atoms with Crippen LogP contribution in [0.3, 0.4) is 0 Å². The van der Waals surface area contributed by atoms with Gasteiger partial charge in [-0.3, -0.25) is 0 Å². The lowest BCUT2D eigenvalue weighted by Gasteiger charge is -2.32. The smallest absolute Gasteiger partial charge is 0.399 e. The van der Waals surface area contributed by atoms with E-state index in [9.17, 15) is 0 Å². The number of nitrogens with one attached hydrogen (secondary N) is 2. The highest BCUT2D eigenvalue weighted by Crippen LogP contribution is 2.38. The van der Waals surface area contributed by atoms with Gasteiger partial charge in [0.05, 0.1) is 11.2 Å². The summed E-state index contributed by atoms with van der Waals surface area (Å²) in [5, 5.41) is 0. The van der Waals surface area contributed by atoms with Gasteiger partial charge in [0, 0.05) is 12.7 Å². The first kappa shape index (κ1) is 10.0. The minimum atomic E-state index is -0.249. The molecule has 0 saturated carbocycles. The number of rotatable bonds is 1. The molecule has 5 heteroatoms. The van der Waals surface area contributed by atoms with Gasteiger partial charge in [0.15, 0.2) is 0 Å². The Morgan fingerprint density at radius 2 is 1.79 bits per heavy atom. The topological polar surface area (TPSA) is 42.5 Å². The summed E-state index contributed by atoms with van der Waals surface area (Å²) < 4.78 is 11.8. The number of hydrogen-bond acceptors (Lipinski definition) is 4. The van der Waals surface area contributed by atoms with Crippen molar-refractivity contribution in [2.75, 3.05) is 6.54 Å². The van der Waals surface area contributed by atoms with Crippen molar-refractivity contribution >= 4 is 7.12 Å². The summed E-state index contributed by atoms with van der Waals surface area (Å²) in [6.07, 6.45) is 1.90. The normalized spacial score (nSPS) is 28.9. The van der Waals surface area contributed by atoms with E-state index in [1.54, 1.807) is 0 Å². The third kappa shape index (κ3) is 1.45. The van der Waals surface area contributed by atoms with E-state index >= 15 is 0 Å². The van der Waals surface area contributed by atoms with Gasteiger partial charge >= 0.3 is 7.12 Å². The molecular weight excluding hydrogens is 179 g/mol. The summed E-state index contributed by atoms with van der Waals surface area (Å²) in [5.41, 5.74) is 6.55. The second-order valence-electron chi connectivity index (χ2n) is 4.81. The molecule has 1 fully saturated rings. The first-order chi connectivity index (χ1) is 6.42. The summed E-state index contributed by atoms with van der Waals surface area (Å²) in [6.45, 7) is 9.01. The highest BCUT2D eigenvalue weighted by molar-refractivity contribution is 6.54. The summed E-state index contributed by atoms with van der Waals surface area (Å²) in [5.74, 6) is 0. The Balaban J connectivity index is 2.13. The zero-order valence-corrected chi connectivity index (χ0v) is 9.18. The molecular formula is C9H17BN2O2. The third-order valence-electron chi connectivity index (χ3n) is 3.21. The van der Waals surface area contributed by atoms with Crippen LogP contribution in [-0.4, -0.2) is 24.9 Å². The standard InChI is InChI=1S/C9H17BN2O2/c1-8(2)9(3,4)14-10(13-8)7-5-11-12-6-7/h5,11-12H,6H2,1-4H3. The van der Waals surface area contributed by atoms with Gasteiger partial charge < -0.3 is 14.7 Å². The van der Waals surface area contributed by atoms with Crippen molar-refractivity contribution in [1.29, 1.82) is 0 Å². The second-order valence-corrected chi connectivity index (χ2v) is 4.81. The van der Waals surface area contributed by atoms with E-state index in [1.165, 1.54) is 0 Å².